The molecule has 3 N–H and O–H groups in total. The van der Waals surface area contributed by atoms with Gasteiger partial charge in [-0.25, -0.2) is 0 Å². The van der Waals surface area contributed by atoms with Crippen LogP contribution in [0.2, 0.25) is 5.02 Å². The molecule has 0 fully saturated rings. The second-order valence-electron chi connectivity index (χ2n) is 4.23. The molecule has 1 aromatic rings. The summed E-state index contributed by atoms with van der Waals surface area (Å²) in [5.41, 5.74) is 4.01. The minimum Gasteiger partial charge on any atom is -0.271 e. The van der Waals surface area contributed by atoms with Gasteiger partial charge in [0.1, 0.15) is 0 Å². The molecule has 0 radical (unpaired) electrons. The van der Waals surface area contributed by atoms with Crippen LogP contribution in [0.4, 0.5) is 0 Å². The van der Waals surface area contributed by atoms with Crippen molar-refractivity contribution in [3.05, 3.63) is 33.3 Å². The minimum absolute atomic E-state index is 0.167. The van der Waals surface area contributed by atoms with Crippen molar-refractivity contribution in [1.29, 1.82) is 0 Å². The second kappa shape index (κ2) is 8.09. The van der Waals surface area contributed by atoms with E-state index in [0.29, 0.717) is 0 Å². The quantitative estimate of drug-likeness (QED) is 0.438. The maximum atomic E-state index is 6.01. The fraction of sp³-hybridized carbons (Fsp3) is 0.538. The first-order valence-corrected chi connectivity index (χ1v) is 7.27. The van der Waals surface area contributed by atoms with Gasteiger partial charge < -0.3 is 0 Å². The van der Waals surface area contributed by atoms with Crippen molar-refractivity contribution in [3.63, 3.8) is 0 Å². The van der Waals surface area contributed by atoms with Crippen LogP contribution in [0.25, 0.3) is 0 Å². The van der Waals surface area contributed by atoms with Crippen molar-refractivity contribution in [3.8, 4) is 0 Å². The highest BCUT2D eigenvalue weighted by atomic mass is 79.9. The molecule has 0 saturated heterocycles. The summed E-state index contributed by atoms with van der Waals surface area (Å²) in [7, 11) is 0. The second-order valence-corrected chi connectivity index (χ2v) is 5.53. The third-order valence-corrected chi connectivity index (χ3v) is 3.84. The smallest absolute Gasteiger partial charge is 0.0471 e. The fourth-order valence-corrected chi connectivity index (χ4v) is 2.59. The molecule has 4 heteroatoms. The lowest BCUT2D eigenvalue weighted by molar-refractivity contribution is 0.480. The lowest BCUT2D eigenvalue weighted by atomic mass is 10.0. The molecule has 17 heavy (non-hydrogen) atoms. The molecular formula is C13H20BrClN2. The molecule has 1 aromatic carbocycles. The normalized spacial score (nSPS) is 12.7. The van der Waals surface area contributed by atoms with Crippen molar-refractivity contribution < 1.29 is 0 Å². The number of hydrazine groups is 1. The van der Waals surface area contributed by atoms with Gasteiger partial charge in [-0.05, 0) is 30.2 Å². The lowest BCUT2D eigenvalue weighted by Crippen LogP contribution is -2.28. The monoisotopic (exact) mass is 318 g/mol. The highest BCUT2D eigenvalue weighted by Gasteiger charge is 2.13. The minimum atomic E-state index is 0.167. The van der Waals surface area contributed by atoms with Crippen LogP contribution in [0.5, 0.6) is 0 Å². The van der Waals surface area contributed by atoms with E-state index in [1.807, 2.05) is 18.2 Å². The molecule has 1 atom stereocenters. The zero-order valence-electron chi connectivity index (χ0n) is 10.2. The average Bonchev–Trinajstić information content (AvgIpc) is 2.33. The summed E-state index contributed by atoms with van der Waals surface area (Å²) < 4.78 is 1.06. The predicted octanol–water partition coefficient (Wildman–Crippen LogP) is 4.58. The van der Waals surface area contributed by atoms with E-state index in [1.54, 1.807) is 0 Å². The maximum absolute atomic E-state index is 6.01. The van der Waals surface area contributed by atoms with Gasteiger partial charge in [0.15, 0.2) is 0 Å². The Bertz CT molecular complexity index is 344. The summed E-state index contributed by atoms with van der Waals surface area (Å²) in [5.74, 6) is 5.62. The van der Waals surface area contributed by atoms with Gasteiger partial charge >= 0.3 is 0 Å². The van der Waals surface area contributed by atoms with E-state index in [9.17, 15) is 0 Å². The van der Waals surface area contributed by atoms with Crippen LogP contribution in [0, 0.1) is 0 Å². The van der Waals surface area contributed by atoms with E-state index in [2.05, 4.69) is 28.3 Å². The Morgan fingerprint density at radius 3 is 2.76 bits per heavy atom. The SMILES string of the molecule is CCCCCCC(NN)c1cc(Cl)ccc1Br. The molecule has 0 saturated carbocycles. The number of unbranched alkanes of at least 4 members (excludes halogenated alkanes) is 3. The van der Waals surface area contributed by atoms with Crippen LogP contribution in [-0.2, 0) is 0 Å². The van der Waals surface area contributed by atoms with Crippen molar-refractivity contribution >= 4 is 27.5 Å². The first kappa shape index (κ1) is 15.0. The van der Waals surface area contributed by atoms with Gasteiger partial charge in [0.25, 0.3) is 0 Å². The standard InChI is InChI=1S/C13H20BrClN2/c1-2-3-4-5-6-13(17-16)11-9-10(15)7-8-12(11)14/h7-9,13,17H,2-6,16H2,1H3. The molecule has 0 bridgehead atoms. The summed E-state index contributed by atoms with van der Waals surface area (Å²) in [6.45, 7) is 2.21. The molecule has 0 spiro atoms. The first-order valence-electron chi connectivity index (χ1n) is 6.10. The van der Waals surface area contributed by atoms with Gasteiger partial charge in [0.2, 0.25) is 0 Å². The molecule has 0 aliphatic rings. The molecule has 0 heterocycles. The number of rotatable bonds is 7. The van der Waals surface area contributed by atoms with Gasteiger partial charge in [-0.15, -0.1) is 0 Å². The molecular weight excluding hydrogens is 300 g/mol. The summed E-state index contributed by atoms with van der Waals surface area (Å²) in [5, 5.41) is 0.747. The average molecular weight is 320 g/mol. The van der Waals surface area contributed by atoms with Crippen molar-refractivity contribution in [1.82, 2.24) is 5.43 Å². The van der Waals surface area contributed by atoms with E-state index in [1.165, 1.54) is 25.7 Å². The summed E-state index contributed by atoms with van der Waals surface area (Å²) in [6, 6.07) is 5.98. The predicted molar refractivity (Wildman–Crippen MR) is 78.0 cm³/mol. The first-order chi connectivity index (χ1) is 8.19. The van der Waals surface area contributed by atoms with Crippen LogP contribution < -0.4 is 11.3 Å². The molecule has 0 aliphatic heterocycles. The third-order valence-electron chi connectivity index (χ3n) is 2.88. The Morgan fingerprint density at radius 1 is 1.35 bits per heavy atom. The van der Waals surface area contributed by atoms with E-state index < -0.39 is 0 Å². The molecule has 0 aromatic heterocycles. The number of hydrogen-bond acceptors (Lipinski definition) is 2. The lowest BCUT2D eigenvalue weighted by Gasteiger charge is -2.18. The van der Waals surface area contributed by atoms with Gasteiger partial charge in [0, 0.05) is 15.5 Å². The fourth-order valence-electron chi connectivity index (χ4n) is 1.89. The Morgan fingerprint density at radius 2 is 2.12 bits per heavy atom. The van der Waals surface area contributed by atoms with Gasteiger partial charge in [-0.2, -0.15) is 0 Å². The molecule has 1 rings (SSSR count). The van der Waals surface area contributed by atoms with E-state index in [0.717, 1.165) is 21.5 Å². The maximum Gasteiger partial charge on any atom is 0.0471 e. The van der Waals surface area contributed by atoms with E-state index in [-0.39, 0.29) is 6.04 Å². The highest BCUT2D eigenvalue weighted by molar-refractivity contribution is 9.10. The van der Waals surface area contributed by atoms with Gasteiger partial charge in [0.05, 0.1) is 0 Å². The number of benzene rings is 1. The van der Waals surface area contributed by atoms with E-state index >= 15 is 0 Å². The molecule has 96 valence electrons. The number of nitrogens with two attached hydrogens (primary N) is 1. The largest absolute Gasteiger partial charge is 0.271 e. The van der Waals surface area contributed by atoms with Crippen LogP contribution >= 0.6 is 27.5 Å². The Kier molecular flexibility index (Phi) is 7.12. The van der Waals surface area contributed by atoms with Crippen LogP contribution in [0.1, 0.15) is 50.6 Å². The van der Waals surface area contributed by atoms with Gasteiger partial charge in [-0.3, -0.25) is 11.3 Å². The summed E-state index contributed by atoms with van der Waals surface area (Å²) in [6.07, 6.45) is 6.01. The third kappa shape index (κ3) is 4.96. The molecule has 0 amide bonds. The molecule has 2 nitrogen and oxygen atoms in total. The summed E-state index contributed by atoms with van der Waals surface area (Å²) >= 11 is 9.55. The van der Waals surface area contributed by atoms with Crippen LogP contribution in [-0.4, -0.2) is 0 Å². The zero-order valence-corrected chi connectivity index (χ0v) is 12.5. The van der Waals surface area contributed by atoms with E-state index in [4.69, 9.17) is 17.4 Å². The zero-order chi connectivity index (χ0) is 12.7. The van der Waals surface area contributed by atoms with Gasteiger partial charge in [-0.1, -0.05) is 60.1 Å². The Balaban J connectivity index is 2.62. The molecule has 0 aliphatic carbocycles. The van der Waals surface area contributed by atoms with Crippen molar-refractivity contribution in [2.45, 2.75) is 45.1 Å². The van der Waals surface area contributed by atoms with Crippen LogP contribution in [0.15, 0.2) is 22.7 Å². The van der Waals surface area contributed by atoms with Crippen molar-refractivity contribution in [2.24, 2.45) is 5.84 Å². The highest BCUT2D eigenvalue weighted by Crippen LogP contribution is 2.29. The van der Waals surface area contributed by atoms with Crippen LogP contribution in [0.3, 0.4) is 0 Å². The number of halogens is 2. The molecule has 1 unspecified atom stereocenters. The summed E-state index contributed by atoms with van der Waals surface area (Å²) in [4.78, 5) is 0. The Labute approximate surface area is 117 Å². The topological polar surface area (TPSA) is 38.0 Å². The number of nitrogens with one attached hydrogen (secondary N) is 1. The van der Waals surface area contributed by atoms with Crippen molar-refractivity contribution in [2.75, 3.05) is 0 Å². The Hall–Kier alpha value is -0.0900. The number of hydrogen-bond donors (Lipinski definition) is 2.